The zero-order valence-corrected chi connectivity index (χ0v) is 13.2. The molecule has 0 aliphatic rings. The van der Waals surface area contributed by atoms with Crippen LogP contribution < -0.4 is 5.73 Å². The number of carbonyl (C=O) groups is 1. The largest absolute Gasteiger partial charge is 0.704 e. The van der Waals surface area contributed by atoms with Crippen LogP contribution >= 0.6 is 46.8 Å². The fourth-order valence-electron chi connectivity index (χ4n) is 1.08. The summed E-state index contributed by atoms with van der Waals surface area (Å²) in [5.74, 6) is -0.578. The van der Waals surface area contributed by atoms with E-state index in [0.29, 0.717) is 13.1 Å². The molecular weight excluding hydrogens is 321 g/mol. The number of amides is 1. The number of nitrogens with two attached hydrogens (primary N) is 1. The molecule has 0 bridgehead atoms. The van der Waals surface area contributed by atoms with Gasteiger partial charge in [0.1, 0.15) is 25.0 Å². The number of primary amides is 1. The van der Waals surface area contributed by atoms with Gasteiger partial charge in [0.2, 0.25) is 9.70 Å². The smallest absolute Gasteiger partial charge is 0.249 e. The van der Waals surface area contributed by atoms with E-state index in [0.717, 1.165) is 18.1 Å². The fourth-order valence-corrected chi connectivity index (χ4v) is 2.43. The number of nitrogens with one attached hydrogen (secondary N) is 1. The van der Waals surface area contributed by atoms with Gasteiger partial charge in [-0.15, -0.1) is 4.05 Å². The minimum Gasteiger partial charge on any atom is -0.704 e. The highest BCUT2D eigenvalue weighted by molar-refractivity contribution is 7.98. The lowest BCUT2D eigenvalue weighted by Gasteiger charge is -2.32. The number of rotatable bonds is 7. The molecule has 0 aliphatic heterocycles. The first-order valence-corrected chi connectivity index (χ1v) is 7.05. The zero-order valence-electron chi connectivity index (χ0n) is 10.1. The molecule has 0 rings (SSSR count). The maximum atomic E-state index is 10.8. The highest BCUT2D eigenvalue weighted by Gasteiger charge is 2.37. The Morgan fingerprint density at radius 1 is 1.44 bits per heavy atom. The molecule has 0 aromatic heterocycles. The zero-order chi connectivity index (χ0) is 14.4. The molecule has 0 aliphatic carbocycles. The van der Waals surface area contributed by atoms with E-state index in [-0.39, 0.29) is 15.6 Å². The van der Waals surface area contributed by atoms with Crippen molar-refractivity contribution in [2.75, 3.05) is 19.7 Å². The van der Waals surface area contributed by atoms with Crippen LogP contribution in [0.4, 0.5) is 0 Å². The molecule has 0 aromatic rings. The number of alkyl halides is 3. The molecule has 0 saturated heterocycles. The number of carbonyl (C=O) groups excluding carboxylic acids is 1. The Bertz CT molecular complexity index is 317. The van der Waals surface area contributed by atoms with Crippen LogP contribution in [0.15, 0.2) is 11.1 Å². The Balaban J connectivity index is 4.95. The molecule has 0 radical (unpaired) electrons. The van der Waals surface area contributed by atoms with Crippen molar-refractivity contribution in [2.45, 2.75) is 17.6 Å². The van der Waals surface area contributed by atoms with E-state index in [1.54, 1.807) is 0 Å². The van der Waals surface area contributed by atoms with Gasteiger partial charge in [0.25, 0.3) is 0 Å². The molecule has 0 heterocycles. The lowest BCUT2D eigenvalue weighted by Crippen LogP contribution is -2.43. The van der Waals surface area contributed by atoms with Crippen LogP contribution in [0.1, 0.15) is 13.8 Å². The first-order chi connectivity index (χ1) is 8.20. The maximum Gasteiger partial charge on any atom is 0.249 e. The van der Waals surface area contributed by atoms with E-state index in [2.05, 4.69) is 0 Å². The van der Waals surface area contributed by atoms with Crippen molar-refractivity contribution in [1.29, 1.82) is 0 Å². The molecule has 106 valence electrons. The van der Waals surface area contributed by atoms with Crippen LogP contribution in [0.5, 0.6) is 0 Å². The number of allylic oxidation sites excluding steroid dienone is 1. The van der Waals surface area contributed by atoms with Gasteiger partial charge in [0.15, 0.2) is 6.61 Å². The number of hydrogen-bond acceptors (Lipinski definition) is 3. The van der Waals surface area contributed by atoms with Crippen LogP contribution in [0.2, 0.25) is 0 Å². The second kappa shape index (κ2) is 7.67. The third kappa shape index (κ3) is 5.86. The number of halogens is 3. The summed E-state index contributed by atoms with van der Waals surface area (Å²) in [5.41, 5.74) is 12.3. The van der Waals surface area contributed by atoms with Gasteiger partial charge in [0, 0.05) is 0 Å². The first-order valence-electron chi connectivity index (χ1n) is 5.15. The summed E-state index contributed by atoms with van der Waals surface area (Å²) in [6.45, 7) is 4.52. The van der Waals surface area contributed by atoms with Crippen LogP contribution in [-0.2, 0) is 9.63 Å². The molecule has 0 saturated carbocycles. The normalized spacial score (nSPS) is 13.7. The van der Waals surface area contributed by atoms with E-state index in [1.807, 2.05) is 13.8 Å². The van der Waals surface area contributed by atoms with E-state index in [9.17, 15) is 4.79 Å². The van der Waals surface area contributed by atoms with Crippen molar-refractivity contribution < 1.29 is 13.7 Å². The molecule has 9 heteroatoms. The van der Waals surface area contributed by atoms with Gasteiger partial charge in [0.05, 0.1) is 4.91 Å². The SMILES string of the molecule is CC[N+](CC)(OCC(N)=O)S/C(=C\[NH-])C(Cl)(Cl)Cl. The van der Waals surface area contributed by atoms with Gasteiger partial charge in [-0.05, 0) is 13.8 Å². The maximum absolute atomic E-state index is 10.8. The van der Waals surface area contributed by atoms with E-state index >= 15 is 0 Å². The Hall–Kier alpha value is 0.150. The summed E-state index contributed by atoms with van der Waals surface area (Å²) < 4.78 is -1.71. The Labute approximate surface area is 126 Å². The average Bonchev–Trinajstić information content (AvgIpc) is 2.28. The molecule has 5 nitrogen and oxygen atoms in total. The van der Waals surface area contributed by atoms with Gasteiger partial charge in [-0.1, -0.05) is 34.8 Å². The fraction of sp³-hybridized carbons (Fsp3) is 0.667. The summed E-state index contributed by atoms with van der Waals surface area (Å²) >= 11 is 18.3. The van der Waals surface area contributed by atoms with E-state index in [4.69, 9.17) is 51.1 Å². The molecule has 0 atom stereocenters. The van der Waals surface area contributed by atoms with Crippen molar-refractivity contribution in [2.24, 2.45) is 5.73 Å². The topological polar surface area (TPSA) is 76.1 Å². The third-order valence-electron chi connectivity index (χ3n) is 2.08. The van der Waals surface area contributed by atoms with Gasteiger partial charge in [-0.2, -0.15) is 11.0 Å². The summed E-state index contributed by atoms with van der Waals surface area (Å²) in [6, 6.07) is 0. The van der Waals surface area contributed by atoms with Crippen LogP contribution in [-0.4, -0.2) is 33.4 Å². The predicted octanol–water partition coefficient (Wildman–Crippen LogP) is 3.17. The third-order valence-corrected chi connectivity index (χ3v) is 4.60. The van der Waals surface area contributed by atoms with Crippen LogP contribution in [0, 0.1) is 0 Å². The van der Waals surface area contributed by atoms with Crippen LogP contribution in [0.25, 0.3) is 5.73 Å². The monoisotopic (exact) mass is 335 g/mol. The lowest BCUT2D eigenvalue weighted by molar-refractivity contribution is -0.993. The minimum atomic E-state index is -1.70. The summed E-state index contributed by atoms with van der Waals surface area (Å²) in [5, 5.41) is 0. The Morgan fingerprint density at radius 3 is 2.22 bits per heavy atom. The molecule has 1 amide bonds. The summed E-state index contributed by atoms with van der Waals surface area (Å²) in [7, 11) is 0. The Morgan fingerprint density at radius 2 is 1.94 bits per heavy atom. The molecule has 0 aromatic carbocycles. The van der Waals surface area contributed by atoms with Gasteiger partial charge in [-0.3, -0.25) is 4.79 Å². The van der Waals surface area contributed by atoms with Crippen molar-refractivity contribution in [3.05, 3.63) is 16.8 Å². The van der Waals surface area contributed by atoms with Gasteiger partial charge in [-0.25, -0.2) is 0 Å². The Kier molecular flexibility index (Phi) is 7.73. The van der Waals surface area contributed by atoms with Gasteiger partial charge >= 0.3 is 0 Å². The minimum absolute atomic E-state index is 0.0123. The number of quaternary nitrogens is 1. The van der Waals surface area contributed by atoms with Crippen LogP contribution in [0.3, 0.4) is 0 Å². The molecule has 0 unspecified atom stereocenters. The first kappa shape index (κ1) is 18.1. The van der Waals surface area contributed by atoms with Gasteiger partial charge < -0.3 is 11.5 Å². The highest BCUT2D eigenvalue weighted by Crippen LogP contribution is 2.45. The van der Waals surface area contributed by atoms with Crippen molar-refractivity contribution in [3.63, 3.8) is 0 Å². The summed E-state index contributed by atoms with van der Waals surface area (Å²) in [6.07, 6.45) is 0.962. The number of hydroxylamine groups is 2. The lowest BCUT2D eigenvalue weighted by atomic mass is 10.6. The second-order valence-corrected chi connectivity index (χ2v) is 6.85. The highest BCUT2D eigenvalue weighted by atomic mass is 35.6. The number of hydrogen-bond donors (Lipinski definition) is 1. The molecular formula is C9H16Cl3N3O2S. The quantitative estimate of drug-likeness (QED) is 0.336. The van der Waals surface area contributed by atoms with Crippen molar-refractivity contribution in [3.8, 4) is 0 Å². The molecule has 3 N–H and O–H groups in total. The molecule has 0 spiro atoms. The standard InChI is InChI=1S/C9H16Cl3N3O2S/c1-3-15(4-2,17-6-8(14)16)18-7(5-13)9(10,11)12/h5,13H,3-4,6H2,1-2H3,(H2,14,16)/b7-5-. The summed E-state index contributed by atoms with van der Waals surface area (Å²) in [4.78, 5) is 16.4. The van der Waals surface area contributed by atoms with E-state index in [1.165, 1.54) is 0 Å². The second-order valence-electron chi connectivity index (χ2n) is 3.28. The predicted molar refractivity (Wildman–Crippen MR) is 76.8 cm³/mol. The molecule has 0 fully saturated rings. The number of nitrogens with zero attached hydrogens (tertiary/aromatic N) is 1. The van der Waals surface area contributed by atoms with E-state index < -0.39 is 9.70 Å². The van der Waals surface area contributed by atoms with Crippen molar-refractivity contribution in [1.82, 2.24) is 0 Å². The van der Waals surface area contributed by atoms with Crippen molar-refractivity contribution >= 4 is 52.7 Å². The average molecular weight is 337 g/mol. The molecule has 18 heavy (non-hydrogen) atoms.